The minimum Gasteiger partial charge on any atom is -0.756 e. The Bertz CT molecular complexity index is 1810. The Hall–Kier alpha value is -3.07. The number of allylic oxidation sites excluding steroid dienone is 15. The van der Waals surface area contributed by atoms with E-state index in [2.05, 4.69) is 111 Å². The van der Waals surface area contributed by atoms with E-state index in [9.17, 15) is 19.0 Å². The van der Waals surface area contributed by atoms with Gasteiger partial charge >= 0.3 is 5.97 Å². The number of esters is 1. The minimum atomic E-state index is -4.71. The third kappa shape index (κ3) is 67.2. The summed E-state index contributed by atoms with van der Waals surface area (Å²) in [5, 5.41) is 3.04. The molecule has 10 heteroatoms. The van der Waals surface area contributed by atoms with E-state index < -0.39 is 26.6 Å². The number of carbonyl (C=O) groups is 2. The van der Waals surface area contributed by atoms with Crippen LogP contribution in [0.25, 0.3) is 0 Å². The zero-order valence-electron chi connectivity index (χ0n) is 57.7. The van der Waals surface area contributed by atoms with E-state index in [0.717, 1.165) is 103 Å². The molecule has 0 heterocycles. The summed E-state index contributed by atoms with van der Waals surface area (Å²) in [6, 6.07) is -0.904. The van der Waals surface area contributed by atoms with Crippen LogP contribution in [-0.2, 0) is 27.9 Å². The second-order valence-corrected chi connectivity index (χ2v) is 27.1. The molecular formula is C77H139N2O7P. The molecule has 0 aromatic carbocycles. The number of nitrogens with one attached hydrogen (secondary N) is 1. The summed E-state index contributed by atoms with van der Waals surface area (Å²) in [4.78, 5) is 40.2. The average Bonchev–Trinajstić information content (AvgIpc) is 3.70. The topological polar surface area (TPSA) is 114 Å². The van der Waals surface area contributed by atoms with Crippen LogP contribution in [0.1, 0.15) is 329 Å². The van der Waals surface area contributed by atoms with Crippen molar-refractivity contribution in [3.05, 3.63) is 97.2 Å². The molecule has 0 aliphatic rings. The first-order valence-corrected chi connectivity index (χ1v) is 38.0. The fourth-order valence-electron chi connectivity index (χ4n) is 10.4. The Morgan fingerprint density at radius 1 is 0.414 bits per heavy atom. The van der Waals surface area contributed by atoms with Crippen LogP contribution in [0.2, 0.25) is 0 Å². The van der Waals surface area contributed by atoms with Gasteiger partial charge in [0, 0.05) is 12.8 Å². The van der Waals surface area contributed by atoms with Crippen molar-refractivity contribution in [3.63, 3.8) is 0 Å². The van der Waals surface area contributed by atoms with E-state index in [1.807, 2.05) is 33.3 Å². The molecule has 0 aromatic heterocycles. The van der Waals surface area contributed by atoms with E-state index in [1.165, 1.54) is 186 Å². The molecule has 0 aromatic rings. The third-order valence-electron chi connectivity index (χ3n) is 16.0. The number of hydrogen-bond acceptors (Lipinski definition) is 7. The van der Waals surface area contributed by atoms with Crippen molar-refractivity contribution in [1.82, 2.24) is 5.32 Å². The summed E-state index contributed by atoms with van der Waals surface area (Å²) >= 11 is 0. The summed E-state index contributed by atoms with van der Waals surface area (Å²) < 4.78 is 30.4. The molecule has 0 saturated carbocycles. The van der Waals surface area contributed by atoms with Crippen LogP contribution in [0.3, 0.4) is 0 Å². The minimum absolute atomic E-state index is 0.0296. The number of hydrogen-bond donors (Lipinski definition) is 1. The van der Waals surface area contributed by atoms with Gasteiger partial charge in [-0.3, -0.25) is 14.2 Å². The maximum absolute atomic E-state index is 13.6. The molecule has 87 heavy (non-hydrogen) atoms. The molecule has 3 unspecified atom stereocenters. The smallest absolute Gasteiger partial charge is 0.306 e. The molecule has 1 amide bonds. The quantitative estimate of drug-likeness (QED) is 0.0212. The lowest BCUT2D eigenvalue weighted by Crippen LogP contribution is -2.47. The van der Waals surface area contributed by atoms with Gasteiger partial charge in [0.15, 0.2) is 0 Å². The fourth-order valence-corrected chi connectivity index (χ4v) is 11.1. The van der Waals surface area contributed by atoms with Gasteiger partial charge in [0.25, 0.3) is 7.82 Å². The average molecular weight is 1240 g/mol. The van der Waals surface area contributed by atoms with Crippen LogP contribution in [0, 0.1) is 0 Å². The lowest BCUT2D eigenvalue weighted by atomic mass is 10.0. The lowest BCUT2D eigenvalue weighted by Gasteiger charge is -2.30. The molecule has 1 N–H and O–H groups in total. The zero-order chi connectivity index (χ0) is 63.5. The molecule has 9 nitrogen and oxygen atoms in total. The first-order chi connectivity index (χ1) is 42.4. The van der Waals surface area contributed by atoms with E-state index in [1.54, 1.807) is 0 Å². The van der Waals surface area contributed by atoms with Crippen LogP contribution < -0.4 is 10.2 Å². The number of phosphoric ester groups is 1. The highest BCUT2D eigenvalue weighted by atomic mass is 31.2. The maximum atomic E-state index is 13.6. The number of unbranched alkanes of at least 4 members (excludes halogenated alkanes) is 36. The molecule has 0 radical (unpaired) electrons. The molecule has 0 aliphatic carbocycles. The number of likely N-dealkylation sites (N-methyl/N-ethyl adjacent to an activating group) is 1. The van der Waals surface area contributed by atoms with Gasteiger partial charge in [0.05, 0.1) is 33.8 Å². The van der Waals surface area contributed by atoms with E-state index in [4.69, 9.17) is 13.8 Å². The van der Waals surface area contributed by atoms with Gasteiger partial charge < -0.3 is 28.5 Å². The first kappa shape index (κ1) is 83.9. The SMILES string of the molecule is CC/C=C\C/C=C\C/C=C\C/C=C\C/C=C\C/C=C\CCCCCCC(=O)OC(/C=C\CCCCCCCCCCC)C(COP(=O)([O-])OCC[N+](C)(C)C)NC(=O)CCCCCCCCCCCCCCCCCCC/C=C/CCCCCCCC. The number of ether oxygens (including phenoxy) is 1. The third-order valence-corrected chi connectivity index (χ3v) is 17.0. The predicted molar refractivity (Wildman–Crippen MR) is 376 cm³/mol. The molecular weight excluding hydrogens is 1100 g/mol. The van der Waals surface area contributed by atoms with Crippen molar-refractivity contribution in [1.29, 1.82) is 0 Å². The molecule has 0 fully saturated rings. The summed E-state index contributed by atoms with van der Waals surface area (Å²) in [7, 11) is 1.17. The predicted octanol–water partition coefficient (Wildman–Crippen LogP) is 22.8. The number of phosphoric acid groups is 1. The van der Waals surface area contributed by atoms with Crippen LogP contribution in [0.5, 0.6) is 0 Å². The number of amides is 1. The second-order valence-electron chi connectivity index (χ2n) is 25.7. The second kappa shape index (κ2) is 65.9. The number of carbonyl (C=O) groups excluding carboxylic acids is 2. The van der Waals surface area contributed by atoms with Gasteiger partial charge in [-0.15, -0.1) is 0 Å². The van der Waals surface area contributed by atoms with Crippen molar-refractivity contribution in [2.75, 3.05) is 40.9 Å². The summed E-state index contributed by atoms with van der Waals surface area (Å²) in [6.07, 6.45) is 89.7. The first-order valence-electron chi connectivity index (χ1n) is 36.5. The number of rotatable bonds is 66. The van der Waals surface area contributed by atoms with Gasteiger partial charge in [-0.2, -0.15) is 0 Å². The highest BCUT2D eigenvalue weighted by molar-refractivity contribution is 7.45. The van der Waals surface area contributed by atoms with Crippen molar-refractivity contribution >= 4 is 19.7 Å². The zero-order valence-corrected chi connectivity index (χ0v) is 58.6. The van der Waals surface area contributed by atoms with E-state index in [-0.39, 0.29) is 24.9 Å². The molecule has 0 bridgehead atoms. The molecule has 0 saturated heterocycles. The highest BCUT2D eigenvalue weighted by Crippen LogP contribution is 2.38. The highest BCUT2D eigenvalue weighted by Gasteiger charge is 2.27. The monoisotopic (exact) mass is 1240 g/mol. The van der Waals surface area contributed by atoms with Gasteiger partial charge in [0.2, 0.25) is 5.91 Å². The Kier molecular flexibility index (Phi) is 63.5. The van der Waals surface area contributed by atoms with E-state index in [0.29, 0.717) is 23.9 Å². The van der Waals surface area contributed by atoms with Crippen LogP contribution >= 0.6 is 7.82 Å². The molecule has 504 valence electrons. The summed E-state index contributed by atoms with van der Waals surface area (Å²) in [5.74, 6) is -0.565. The van der Waals surface area contributed by atoms with Crippen LogP contribution in [0.4, 0.5) is 0 Å². The van der Waals surface area contributed by atoms with Crippen molar-refractivity contribution in [3.8, 4) is 0 Å². The lowest BCUT2D eigenvalue weighted by molar-refractivity contribution is -0.870. The van der Waals surface area contributed by atoms with Gasteiger partial charge in [0.1, 0.15) is 19.3 Å². The number of quaternary nitrogens is 1. The Morgan fingerprint density at radius 3 is 1.11 bits per heavy atom. The normalized spacial score (nSPS) is 14.1. The van der Waals surface area contributed by atoms with Gasteiger partial charge in [-0.25, -0.2) is 0 Å². The van der Waals surface area contributed by atoms with Crippen LogP contribution in [-0.4, -0.2) is 69.4 Å². The maximum Gasteiger partial charge on any atom is 0.306 e. The fraction of sp³-hybridized carbons (Fsp3) is 0.766. The molecule has 0 aliphatic heterocycles. The van der Waals surface area contributed by atoms with Crippen LogP contribution in [0.15, 0.2) is 97.2 Å². The Morgan fingerprint density at radius 2 is 0.736 bits per heavy atom. The van der Waals surface area contributed by atoms with Crippen molar-refractivity contribution < 1.29 is 37.3 Å². The molecule has 0 rings (SSSR count). The molecule has 0 spiro atoms. The Balaban J connectivity index is 5.02. The van der Waals surface area contributed by atoms with Gasteiger partial charge in [-0.1, -0.05) is 305 Å². The van der Waals surface area contributed by atoms with E-state index >= 15 is 0 Å². The summed E-state index contributed by atoms with van der Waals surface area (Å²) in [6.45, 7) is 6.73. The molecule has 3 atom stereocenters. The van der Waals surface area contributed by atoms with Crippen molar-refractivity contribution in [2.45, 2.75) is 341 Å². The summed E-state index contributed by atoms with van der Waals surface area (Å²) in [5.41, 5.74) is 0. The number of nitrogens with zero attached hydrogens (tertiary/aromatic N) is 1. The van der Waals surface area contributed by atoms with Crippen molar-refractivity contribution in [2.24, 2.45) is 0 Å². The Labute approximate surface area is 538 Å². The standard InChI is InChI=1S/C77H139N2O7P/c1-7-10-13-16-19-22-25-27-29-31-33-35-37-38-39-40-42-43-45-47-49-51-54-57-60-63-66-69-76(80)78-74(73-85-87(82,83)84-72-71-79(4,5)6)75(68-65-62-59-56-53-24-21-18-15-12-9-3)86-77(81)70-67-64-61-58-55-52-50-48-46-44-41-36-34-32-30-28-26-23-20-17-14-11-8-2/h11,14,20,23,27-30,34,36,44,46,50,52,65,68,74-75H,7-10,12-13,15-19,21-22,24-26,31-33,35,37-43,45,47-49,51,53-64,66-67,69-73H2,1-6H3,(H-,78,80,82,83)/b14-11-,23-20-,29-27+,30-28-,36-34-,46-44-,52-50-,68-65-. The largest absolute Gasteiger partial charge is 0.756 e. The van der Waals surface area contributed by atoms with Gasteiger partial charge in [-0.05, 0) is 109 Å².